The highest BCUT2D eigenvalue weighted by atomic mass is 16.6. The van der Waals surface area contributed by atoms with E-state index in [9.17, 15) is 14.9 Å². The van der Waals surface area contributed by atoms with Crippen LogP contribution in [0.5, 0.6) is 0 Å². The predicted molar refractivity (Wildman–Crippen MR) is 107 cm³/mol. The fraction of sp³-hybridized carbons (Fsp3) is 0.300. The van der Waals surface area contributed by atoms with Crippen LogP contribution in [0.4, 0.5) is 11.4 Å². The summed E-state index contributed by atoms with van der Waals surface area (Å²) in [4.78, 5) is 30.0. The van der Waals surface area contributed by atoms with E-state index < -0.39 is 4.92 Å². The number of pyridine rings is 1. The van der Waals surface area contributed by atoms with Crippen molar-refractivity contribution in [3.63, 3.8) is 0 Å². The van der Waals surface area contributed by atoms with Gasteiger partial charge < -0.3 is 19.4 Å². The average molecular weight is 395 g/mol. The lowest BCUT2D eigenvalue weighted by atomic mass is 10.1. The van der Waals surface area contributed by atoms with Crippen LogP contribution < -0.4 is 10.2 Å². The number of carbonyl (C=O) groups excluding carboxylic acids is 1. The van der Waals surface area contributed by atoms with E-state index in [0.29, 0.717) is 50.5 Å². The number of benzene rings is 1. The summed E-state index contributed by atoms with van der Waals surface area (Å²) in [5.41, 5.74) is 2.60. The summed E-state index contributed by atoms with van der Waals surface area (Å²) in [5.74, 6) is -0.334. The lowest BCUT2D eigenvalue weighted by Crippen LogP contribution is -2.38. The maximum atomic E-state index is 12.8. The normalized spacial score (nSPS) is 14.1. The van der Waals surface area contributed by atoms with Gasteiger partial charge >= 0.3 is 0 Å². The third-order valence-electron chi connectivity index (χ3n) is 4.87. The third-order valence-corrected chi connectivity index (χ3v) is 4.87. The van der Waals surface area contributed by atoms with E-state index in [-0.39, 0.29) is 11.6 Å². The molecule has 1 N–H and O–H groups in total. The second-order valence-electron chi connectivity index (χ2n) is 6.76. The third kappa shape index (κ3) is 4.19. The van der Waals surface area contributed by atoms with Gasteiger partial charge in [-0.3, -0.25) is 14.9 Å². The number of amides is 1. The van der Waals surface area contributed by atoms with Crippen LogP contribution in [0.3, 0.4) is 0 Å². The Morgan fingerprint density at radius 3 is 2.83 bits per heavy atom. The van der Waals surface area contributed by atoms with Crippen molar-refractivity contribution in [2.75, 3.05) is 37.7 Å². The van der Waals surface area contributed by atoms with Crippen LogP contribution in [0.2, 0.25) is 0 Å². The zero-order valence-corrected chi connectivity index (χ0v) is 15.8. The standard InChI is InChI=1S/C20H21N5O4/c26-20(21-7-6-15-14-24-8-2-1-3-19(24)22-15)17-13-16(25(27)28)4-5-18(17)23-9-11-29-12-10-23/h1-5,8,13-14H,6-7,9-12H2,(H,21,26). The Labute approximate surface area is 167 Å². The van der Waals surface area contributed by atoms with Crippen LogP contribution in [-0.2, 0) is 11.2 Å². The molecule has 1 fully saturated rings. The largest absolute Gasteiger partial charge is 0.378 e. The van der Waals surface area contributed by atoms with Gasteiger partial charge in [0.25, 0.3) is 11.6 Å². The van der Waals surface area contributed by atoms with E-state index in [1.54, 1.807) is 6.07 Å². The first kappa shape index (κ1) is 18.9. The molecule has 29 heavy (non-hydrogen) atoms. The molecule has 150 valence electrons. The second-order valence-corrected chi connectivity index (χ2v) is 6.76. The van der Waals surface area contributed by atoms with Crippen molar-refractivity contribution in [3.05, 3.63) is 70.2 Å². The fourth-order valence-corrected chi connectivity index (χ4v) is 3.41. The number of ether oxygens (including phenoxy) is 1. The Bertz CT molecular complexity index is 1010. The van der Waals surface area contributed by atoms with Crippen molar-refractivity contribution in [3.8, 4) is 0 Å². The summed E-state index contributed by atoms with van der Waals surface area (Å²) in [6.07, 6.45) is 4.41. The molecule has 0 unspecified atom stereocenters. The monoisotopic (exact) mass is 395 g/mol. The molecule has 1 saturated heterocycles. The molecule has 0 atom stereocenters. The van der Waals surface area contributed by atoms with E-state index in [0.717, 1.165) is 11.3 Å². The number of nitro benzene ring substituents is 1. The number of morpholine rings is 1. The maximum Gasteiger partial charge on any atom is 0.270 e. The van der Waals surface area contributed by atoms with Gasteiger partial charge in [-0.2, -0.15) is 0 Å². The van der Waals surface area contributed by atoms with Crippen LogP contribution in [-0.4, -0.2) is 53.1 Å². The molecule has 1 aliphatic rings. The Hall–Kier alpha value is -3.46. The number of rotatable bonds is 6. The molecule has 3 aromatic rings. The van der Waals surface area contributed by atoms with E-state index in [1.807, 2.05) is 39.9 Å². The van der Waals surface area contributed by atoms with E-state index in [2.05, 4.69) is 10.3 Å². The number of fused-ring (bicyclic) bond motifs is 1. The molecule has 3 heterocycles. The Morgan fingerprint density at radius 1 is 1.24 bits per heavy atom. The number of anilines is 1. The van der Waals surface area contributed by atoms with Gasteiger partial charge in [0.15, 0.2) is 0 Å². The van der Waals surface area contributed by atoms with E-state index >= 15 is 0 Å². The van der Waals surface area contributed by atoms with Crippen LogP contribution in [0, 0.1) is 10.1 Å². The Balaban J connectivity index is 1.48. The lowest BCUT2D eigenvalue weighted by molar-refractivity contribution is -0.384. The number of nitro groups is 1. The molecular weight excluding hydrogens is 374 g/mol. The first-order chi connectivity index (χ1) is 14.1. The number of hydrogen-bond acceptors (Lipinski definition) is 6. The number of imidazole rings is 1. The number of non-ortho nitro benzene ring substituents is 1. The second kappa shape index (κ2) is 8.27. The fourth-order valence-electron chi connectivity index (χ4n) is 3.41. The smallest absolute Gasteiger partial charge is 0.270 e. The van der Waals surface area contributed by atoms with Crippen LogP contribution in [0.15, 0.2) is 48.8 Å². The SMILES string of the molecule is O=C(NCCc1cn2ccccc2n1)c1cc([N+](=O)[O-])ccc1N1CCOCC1. The highest BCUT2D eigenvalue weighted by molar-refractivity contribution is 6.00. The quantitative estimate of drug-likeness (QED) is 0.506. The minimum absolute atomic E-state index is 0.104. The lowest BCUT2D eigenvalue weighted by Gasteiger charge is -2.30. The van der Waals surface area contributed by atoms with E-state index in [4.69, 9.17) is 4.74 Å². The molecule has 9 nitrogen and oxygen atoms in total. The summed E-state index contributed by atoms with van der Waals surface area (Å²) in [7, 11) is 0. The molecule has 0 aliphatic carbocycles. The maximum absolute atomic E-state index is 12.8. The van der Waals surface area contributed by atoms with Gasteiger partial charge in [-0.15, -0.1) is 0 Å². The van der Waals surface area contributed by atoms with Gasteiger partial charge in [-0.05, 0) is 18.2 Å². The van der Waals surface area contributed by atoms with Crippen LogP contribution >= 0.6 is 0 Å². The minimum Gasteiger partial charge on any atom is -0.378 e. The number of nitrogens with one attached hydrogen (secondary N) is 1. The van der Waals surface area contributed by atoms with Gasteiger partial charge in [0.05, 0.1) is 35.1 Å². The molecule has 9 heteroatoms. The van der Waals surface area contributed by atoms with E-state index in [1.165, 1.54) is 12.1 Å². The van der Waals surface area contributed by atoms with Gasteiger partial charge in [-0.1, -0.05) is 6.07 Å². The first-order valence-corrected chi connectivity index (χ1v) is 9.44. The Morgan fingerprint density at radius 2 is 2.07 bits per heavy atom. The molecule has 1 aromatic carbocycles. The summed E-state index contributed by atoms with van der Waals surface area (Å²) < 4.78 is 7.29. The number of aromatic nitrogens is 2. The molecule has 0 radical (unpaired) electrons. The van der Waals surface area contributed by atoms with Gasteiger partial charge in [0.1, 0.15) is 5.65 Å². The van der Waals surface area contributed by atoms with Gasteiger partial charge in [0, 0.05) is 50.6 Å². The molecule has 4 rings (SSSR count). The van der Waals surface area contributed by atoms with Gasteiger partial charge in [0.2, 0.25) is 0 Å². The topological polar surface area (TPSA) is 102 Å². The van der Waals surface area contributed by atoms with Gasteiger partial charge in [-0.25, -0.2) is 4.98 Å². The van der Waals surface area contributed by atoms with Crippen molar-refractivity contribution in [2.45, 2.75) is 6.42 Å². The van der Waals surface area contributed by atoms with Crippen LogP contribution in [0.25, 0.3) is 5.65 Å². The molecule has 1 aliphatic heterocycles. The average Bonchev–Trinajstić information content (AvgIpc) is 3.16. The van der Waals surface area contributed by atoms with Crippen molar-refractivity contribution in [2.24, 2.45) is 0 Å². The number of carbonyl (C=O) groups is 1. The first-order valence-electron chi connectivity index (χ1n) is 9.44. The molecule has 0 bridgehead atoms. The zero-order valence-electron chi connectivity index (χ0n) is 15.8. The van der Waals surface area contributed by atoms with Crippen molar-refractivity contribution in [1.29, 1.82) is 0 Å². The minimum atomic E-state index is -0.490. The number of nitrogens with zero attached hydrogens (tertiary/aromatic N) is 4. The van der Waals surface area contributed by atoms with Crippen molar-refractivity contribution in [1.82, 2.24) is 14.7 Å². The number of hydrogen-bond donors (Lipinski definition) is 1. The molecule has 2 aromatic heterocycles. The van der Waals surface area contributed by atoms with Crippen molar-refractivity contribution >= 4 is 22.9 Å². The highest BCUT2D eigenvalue weighted by Gasteiger charge is 2.22. The molecule has 1 amide bonds. The molecule has 0 saturated carbocycles. The molecule has 0 spiro atoms. The highest BCUT2D eigenvalue weighted by Crippen LogP contribution is 2.26. The Kier molecular flexibility index (Phi) is 5.39. The van der Waals surface area contributed by atoms with Crippen LogP contribution in [0.1, 0.15) is 16.1 Å². The summed E-state index contributed by atoms with van der Waals surface area (Å²) in [6.45, 7) is 2.78. The zero-order chi connectivity index (χ0) is 20.2. The molecular formula is C20H21N5O4. The van der Waals surface area contributed by atoms with Crippen molar-refractivity contribution < 1.29 is 14.5 Å². The summed E-state index contributed by atoms with van der Waals surface area (Å²) in [5, 5.41) is 14.0. The predicted octanol–water partition coefficient (Wildman–Crippen LogP) is 2.05. The summed E-state index contributed by atoms with van der Waals surface area (Å²) >= 11 is 0. The summed E-state index contributed by atoms with van der Waals surface area (Å²) in [6, 6.07) is 10.2.